The summed E-state index contributed by atoms with van der Waals surface area (Å²) in [4.78, 5) is 36.9. The number of nitrogens with one attached hydrogen (secondary N) is 1. The van der Waals surface area contributed by atoms with Gasteiger partial charge in [0.15, 0.2) is 18.1 Å². The molecule has 0 fully saturated rings. The van der Waals surface area contributed by atoms with Gasteiger partial charge in [-0.15, -0.1) is 0 Å². The Morgan fingerprint density at radius 1 is 1.00 bits per heavy atom. The van der Waals surface area contributed by atoms with Gasteiger partial charge in [-0.05, 0) is 68.0 Å². The highest BCUT2D eigenvalue weighted by atomic mass is 16.5. The first kappa shape index (κ1) is 26.9. The van der Waals surface area contributed by atoms with Crippen molar-refractivity contribution >= 4 is 40.9 Å². The lowest BCUT2D eigenvalue weighted by Gasteiger charge is -2.14. The number of anilines is 2. The van der Waals surface area contributed by atoms with E-state index >= 15 is 0 Å². The second kappa shape index (κ2) is 12.0. The average molecular weight is 530 g/mol. The van der Waals surface area contributed by atoms with Gasteiger partial charge >= 0.3 is 5.97 Å². The van der Waals surface area contributed by atoms with Crippen LogP contribution in [0.15, 0.2) is 77.4 Å². The molecule has 4 rings (SSSR count). The minimum Gasteiger partial charge on any atom is -0.495 e. The van der Waals surface area contributed by atoms with Gasteiger partial charge in [0.2, 0.25) is 0 Å². The summed E-state index contributed by atoms with van der Waals surface area (Å²) in [5.74, 6) is -0.549. The number of para-hydroxylation sites is 2. The van der Waals surface area contributed by atoms with Gasteiger partial charge in [-0.3, -0.25) is 9.59 Å². The van der Waals surface area contributed by atoms with Crippen molar-refractivity contribution in [1.29, 1.82) is 0 Å². The quantitative estimate of drug-likeness (QED) is 0.367. The van der Waals surface area contributed by atoms with E-state index in [1.807, 2.05) is 6.92 Å². The van der Waals surface area contributed by atoms with Crippen LogP contribution in [0.3, 0.4) is 0 Å². The SMILES string of the molecule is CCOc1cc(/C=C2\C(=O)N(c3cccc(C(=O)O)c3)N=C2C)ccc1OCC(=O)Nc1ccccc1OC. The van der Waals surface area contributed by atoms with Crippen molar-refractivity contribution in [1.82, 2.24) is 0 Å². The van der Waals surface area contributed by atoms with Gasteiger partial charge in [0.05, 0.1) is 41.9 Å². The molecule has 0 atom stereocenters. The van der Waals surface area contributed by atoms with E-state index in [2.05, 4.69) is 10.4 Å². The molecule has 0 aliphatic carbocycles. The van der Waals surface area contributed by atoms with Crippen LogP contribution in [0.1, 0.15) is 29.8 Å². The minimum atomic E-state index is -1.09. The third kappa shape index (κ3) is 6.24. The fourth-order valence-electron chi connectivity index (χ4n) is 3.88. The molecule has 0 aromatic heterocycles. The van der Waals surface area contributed by atoms with E-state index < -0.39 is 5.97 Å². The standard InChI is InChI=1S/C29H27N3O7/c1-4-38-26-15-19(12-13-25(26)39-17-27(33)30-23-10-5-6-11-24(23)37-3)14-22-18(2)31-32(28(22)34)21-9-7-8-20(16-21)29(35)36/h5-16H,4,17H2,1-3H3,(H,30,33)(H,35,36)/b22-14-. The monoisotopic (exact) mass is 529 g/mol. The Labute approximate surface area is 225 Å². The topological polar surface area (TPSA) is 127 Å². The molecule has 200 valence electrons. The Balaban J connectivity index is 1.50. The third-order valence-corrected chi connectivity index (χ3v) is 5.72. The maximum absolute atomic E-state index is 13.1. The number of carbonyl (C=O) groups is 3. The van der Waals surface area contributed by atoms with E-state index in [-0.39, 0.29) is 24.0 Å². The van der Waals surface area contributed by atoms with Crippen molar-refractivity contribution in [2.45, 2.75) is 13.8 Å². The smallest absolute Gasteiger partial charge is 0.335 e. The van der Waals surface area contributed by atoms with Crippen LogP contribution in [-0.2, 0) is 9.59 Å². The highest BCUT2D eigenvalue weighted by Gasteiger charge is 2.29. The van der Waals surface area contributed by atoms with Crippen LogP contribution in [0, 0.1) is 0 Å². The van der Waals surface area contributed by atoms with Gasteiger partial charge in [-0.25, -0.2) is 4.79 Å². The first-order valence-electron chi connectivity index (χ1n) is 12.1. The summed E-state index contributed by atoms with van der Waals surface area (Å²) in [6, 6.07) is 18.2. The molecule has 0 bridgehead atoms. The zero-order chi connectivity index (χ0) is 27.9. The molecule has 1 aliphatic heterocycles. The highest BCUT2D eigenvalue weighted by molar-refractivity contribution is 6.32. The number of hydrazone groups is 1. The molecule has 0 saturated carbocycles. The number of benzene rings is 3. The summed E-state index contributed by atoms with van der Waals surface area (Å²) in [5, 5.41) is 17.5. The summed E-state index contributed by atoms with van der Waals surface area (Å²) in [6.07, 6.45) is 1.67. The number of methoxy groups -OCH3 is 1. The largest absolute Gasteiger partial charge is 0.495 e. The molecule has 1 heterocycles. The van der Waals surface area contributed by atoms with Gasteiger partial charge in [-0.1, -0.05) is 24.3 Å². The van der Waals surface area contributed by atoms with E-state index in [0.717, 1.165) is 0 Å². The predicted octanol–water partition coefficient (Wildman–Crippen LogP) is 4.62. The Kier molecular flexibility index (Phi) is 8.25. The predicted molar refractivity (Wildman–Crippen MR) is 147 cm³/mol. The van der Waals surface area contributed by atoms with Crippen LogP contribution in [0.2, 0.25) is 0 Å². The number of amides is 2. The Hall–Kier alpha value is -5.12. The minimum absolute atomic E-state index is 0.0547. The Bertz CT molecular complexity index is 1480. The van der Waals surface area contributed by atoms with E-state index in [9.17, 15) is 19.5 Å². The molecule has 0 unspecified atom stereocenters. The van der Waals surface area contributed by atoms with Gasteiger partial charge in [0.25, 0.3) is 11.8 Å². The zero-order valence-corrected chi connectivity index (χ0v) is 21.6. The van der Waals surface area contributed by atoms with E-state index in [1.165, 1.54) is 24.3 Å². The first-order chi connectivity index (χ1) is 18.8. The van der Waals surface area contributed by atoms with E-state index in [4.69, 9.17) is 14.2 Å². The second-order valence-electron chi connectivity index (χ2n) is 8.39. The summed E-state index contributed by atoms with van der Waals surface area (Å²) in [6.45, 7) is 3.62. The van der Waals surface area contributed by atoms with Crippen molar-refractivity contribution in [3.63, 3.8) is 0 Å². The molecule has 0 spiro atoms. The third-order valence-electron chi connectivity index (χ3n) is 5.72. The molecular formula is C29H27N3O7. The summed E-state index contributed by atoms with van der Waals surface area (Å²) in [5.41, 5.74) is 2.42. The summed E-state index contributed by atoms with van der Waals surface area (Å²) < 4.78 is 16.7. The number of nitrogens with zero attached hydrogens (tertiary/aromatic N) is 2. The van der Waals surface area contributed by atoms with Crippen LogP contribution in [0.25, 0.3) is 6.08 Å². The Morgan fingerprint density at radius 2 is 1.79 bits per heavy atom. The first-order valence-corrected chi connectivity index (χ1v) is 12.1. The van der Waals surface area contributed by atoms with Gasteiger partial charge in [0.1, 0.15) is 5.75 Å². The maximum Gasteiger partial charge on any atom is 0.335 e. The number of aromatic carboxylic acids is 1. The number of carboxylic acid groups (broad SMARTS) is 1. The molecule has 0 saturated heterocycles. The molecule has 3 aromatic rings. The summed E-state index contributed by atoms with van der Waals surface area (Å²) in [7, 11) is 1.52. The van der Waals surface area contributed by atoms with Crippen LogP contribution in [0.5, 0.6) is 17.2 Å². The fraction of sp³-hybridized carbons (Fsp3) is 0.172. The molecule has 1 aliphatic rings. The van der Waals surface area contributed by atoms with Crippen LogP contribution < -0.4 is 24.5 Å². The van der Waals surface area contributed by atoms with Crippen molar-refractivity contribution < 1.29 is 33.7 Å². The van der Waals surface area contributed by atoms with Gasteiger partial charge < -0.3 is 24.6 Å². The van der Waals surface area contributed by atoms with Crippen LogP contribution in [0.4, 0.5) is 11.4 Å². The molecule has 2 amide bonds. The molecular weight excluding hydrogens is 502 g/mol. The maximum atomic E-state index is 13.1. The normalized spacial score (nSPS) is 13.7. The van der Waals surface area contributed by atoms with Gasteiger partial charge in [-0.2, -0.15) is 10.1 Å². The van der Waals surface area contributed by atoms with Crippen molar-refractivity contribution in [3.05, 3.63) is 83.4 Å². The van der Waals surface area contributed by atoms with Crippen LogP contribution in [-0.4, -0.2) is 48.9 Å². The lowest BCUT2D eigenvalue weighted by molar-refractivity contribution is -0.118. The number of hydrogen-bond acceptors (Lipinski definition) is 7. The van der Waals surface area contributed by atoms with Gasteiger partial charge in [0, 0.05) is 0 Å². The zero-order valence-electron chi connectivity index (χ0n) is 21.6. The molecule has 2 N–H and O–H groups in total. The highest BCUT2D eigenvalue weighted by Crippen LogP contribution is 2.31. The summed E-state index contributed by atoms with van der Waals surface area (Å²) >= 11 is 0. The fourth-order valence-corrected chi connectivity index (χ4v) is 3.88. The number of ether oxygens (including phenoxy) is 3. The molecule has 3 aromatic carbocycles. The van der Waals surface area contributed by atoms with Crippen LogP contribution >= 0.6 is 0 Å². The lowest BCUT2D eigenvalue weighted by Crippen LogP contribution is -2.21. The number of rotatable bonds is 10. The molecule has 39 heavy (non-hydrogen) atoms. The van der Waals surface area contributed by atoms with Crippen molar-refractivity contribution in [3.8, 4) is 17.2 Å². The molecule has 10 nitrogen and oxygen atoms in total. The average Bonchev–Trinajstić information content (AvgIpc) is 3.21. The number of carboxylic acids is 1. The van der Waals surface area contributed by atoms with E-state index in [1.54, 1.807) is 67.6 Å². The Morgan fingerprint density at radius 3 is 2.54 bits per heavy atom. The number of carbonyl (C=O) groups excluding carboxylic acids is 2. The lowest BCUT2D eigenvalue weighted by atomic mass is 10.1. The molecule has 10 heteroatoms. The van der Waals surface area contributed by atoms with E-state index in [0.29, 0.717) is 52.1 Å². The second-order valence-corrected chi connectivity index (χ2v) is 8.39. The van der Waals surface area contributed by atoms with Crippen molar-refractivity contribution in [2.75, 3.05) is 30.6 Å². The van der Waals surface area contributed by atoms with Crippen molar-refractivity contribution in [2.24, 2.45) is 5.10 Å². The molecule has 0 radical (unpaired) electrons. The number of hydrogen-bond donors (Lipinski definition) is 2.